The number of carboxylic acid groups (broad SMARTS) is 1. The number of aliphatic imine (C=N–C) groups is 3. The summed E-state index contributed by atoms with van der Waals surface area (Å²) >= 11 is 0. The van der Waals surface area contributed by atoms with Crippen LogP contribution in [-0.4, -0.2) is 125 Å². The Kier molecular flexibility index (Phi) is 11.5. The third kappa shape index (κ3) is 7.63. The molecular weight excluding hydrogens is 812 g/mol. The maximum atomic E-state index is 13.0. The van der Waals surface area contributed by atoms with Crippen LogP contribution in [0.5, 0.6) is 34.5 Å². The molecule has 19 heteroatoms. The molecule has 1 saturated heterocycles. The van der Waals surface area contributed by atoms with E-state index in [-0.39, 0.29) is 60.2 Å². The summed E-state index contributed by atoms with van der Waals surface area (Å²) < 4.78 is 29.5. The fraction of sp³-hybridized carbons (Fsp3) is 0.372. The molecule has 8 unspecified atom stereocenters. The number of amidine groups is 1. The number of fused-ring (bicyclic) bond motifs is 1. The molecule has 8 atom stereocenters. The molecule has 326 valence electrons. The van der Waals surface area contributed by atoms with Crippen molar-refractivity contribution in [2.75, 3.05) is 13.2 Å². The molecule has 19 nitrogen and oxygen atoms in total. The van der Waals surface area contributed by atoms with Crippen molar-refractivity contribution in [3.63, 3.8) is 0 Å². The zero-order valence-corrected chi connectivity index (χ0v) is 32.8. The number of aliphatic hydroxyl groups excluding tert-OH is 5. The number of hydrogen-bond acceptors (Lipinski definition) is 17. The third-order valence-electron chi connectivity index (χ3n) is 11.8. The number of carbonyl (C=O) groups is 1. The SMILES string of the molecule is N=C1C=CC(C(O)COc2ccc(C3C=C(O)c4c(cc(OC5OC(C(=O)O)C(O)(C6(C7=NC=NC7)CCCCC6)C(O)C5O)c(OC(O)c5cccc(O)c5)c4O)O3)cc2)=N1. The molecule has 8 rings (SSSR count). The smallest absolute Gasteiger partial charge is 0.336 e. The predicted octanol–water partition coefficient (Wildman–Crippen LogP) is 3.00. The second kappa shape index (κ2) is 16.8. The van der Waals surface area contributed by atoms with Crippen LogP contribution in [0.1, 0.15) is 61.2 Å². The van der Waals surface area contributed by atoms with Gasteiger partial charge in [0.05, 0.1) is 18.0 Å². The zero-order valence-electron chi connectivity index (χ0n) is 32.8. The average Bonchev–Trinajstić information content (AvgIpc) is 3.97. The van der Waals surface area contributed by atoms with Gasteiger partial charge < -0.3 is 69.6 Å². The average molecular weight is 857 g/mol. The molecule has 0 amide bonds. The van der Waals surface area contributed by atoms with Gasteiger partial charge in [0.15, 0.2) is 17.6 Å². The lowest BCUT2D eigenvalue weighted by Crippen LogP contribution is -2.76. The van der Waals surface area contributed by atoms with Crippen LogP contribution in [0.3, 0.4) is 0 Å². The van der Waals surface area contributed by atoms with Crippen LogP contribution in [0.2, 0.25) is 0 Å². The lowest BCUT2D eigenvalue weighted by molar-refractivity contribution is -0.326. The third-order valence-corrected chi connectivity index (χ3v) is 11.8. The second-order valence-electron chi connectivity index (χ2n) is 15.5. The number of rotatable bonds is 13. The number of phenolic OH excluding ortho intramolecular Hbond substituents is 2. The molecule has 0 radical (unpaired) electrons. The number of ether oxygens (including phenoxy) is 5. The van der Waals surface area contributed by atoms with Crippen molar-refractivity contribution in [1.29, 1.82) is 5.41 Å². The van der Waals surface area contributed by atoms with Gasteiger partial charge in [-0.2, -0.15) is 0 Å². The Morgan fingerprint density at radius 2 is 1.76 bits per heavy atom. The highest BCUT2D eigenvalue weighted by molar-refractivity contribution is 6.15. The molecule has 10 N–H and O–H groups in total. The Bertz CT molecular complexity index is 2390. The Morgan fingerprint density at radius 3 is 2.42 bits per heavy atom. The van der Waals surface area contributed by atoms with Crippen molar-refractivity contribution in [2.24, 2.45) is 20.4 Å². The standard InChI is InChI=1S/C43H44N4O15/c44-32-12-11-25(47-32)27(50)19-58-24-9-7-21(8-10-24)28-16-26(49)33-29(59-28)17-30(36(34(33)51)61-40(56)22-5-4-6-23(48)15-22)60-41-35(52)37(53)43(57,38(62-41)39(54)55)42(13-2-1-3-14-42)31-18-45-20-46-31/h4-12,15-17,20,27-28,35,37-38,40-41,44,48-53,56-57H,1-3,13-14,18-19H2,(H,54,55). The van der Waals surface area contributed by atoms with E-state index in [0.717, 1.165) is 12.5 Å². The van der Waals surface area contributed by atoms with Crippen molar-refractivity contribution in [1.82, 2.24) is 0 Å². The lowest BCUT2D eigenvalue weighted by Gasteiger charge is -2.57. The molecule has 1 aliphatic carbocycles. The number of aliphatic carboxylic acids is 1. The first-order chi connectivity index (χ1) is 29.7. The number of nitrogens with zero attached hydrogens (tertiary/aromatic N) is 3. The number of aromatic hydroxyl groups is 2. The van der Waals surface area contributed by atoms with Gasteiger partial charge in [-0.15, -0.1) is 0 Å². The van der Waals surface area contributed by atoms with Gasteiger partial charge >= 0.3 is 5.97 Å². The topological polar surface area (TPSA) is 306 Å². The van der Waals surface area contributed by atoms with E-state index in [4.69, 9.17) is 29.1 Å². The fourth-order valence-electron chi connectivity index (χ4n) is 8.66. The van der Waals surface area contributed by atoms with E-state index in [1.165, 1.54) is 48.8 Å². The van der Waals surface area contributed by atoms with E-state index in [9.17, 15) is 50.8 Å². The van der Waals surface area contributed by atoms with Gasteiger partial charge in [0.25, 0.3) is 0 Å². The van der Waals surface area contributed by atoms with E-state index < -0.39 is 83.1 Å². The van der Waals surface area contributed by atoms with Crippen LogP contribution in [0.25, 0.3) is 5.76 Å². The normalized spacial score (nSPS) is 27.3. The number of benzene rings is 3. The van der Waals surface area contributed by atoms with Gasteiger partial charge in [-0.1, -0.05) is 43.5 Å². The highest BCUT2D eigenvalue weighted by Crippen LogP contribution is 2.55. The van der Waals surface area contributed by atoms with E-state index in [1.54, 1.807) is 24.3 Å². The van der Waals surface area contributed by atoms with E-state index in [2.05, 4.69) is 15.0 Å². The van der Waals surface area contributed by atoms with Crippen molar-refractivity contribution in [3.8, 4) is 34.5 Å². The first kappa shape index (κ1) is 42.3. The minimum atomic E-state index is -2.63. The number of nitrogens with one attached hydrogen (secondary N) is 1. The van der Waals surface area contributed by atoms with E-state index in [0.29, 0.717) is 29.9 Å². The summed E-state index contributed by atoms with van der Waals surface area (Å²) in [7, 11) is 0. The molecule has 0 aromatic heterocycles. The molecule has 4 heterocycles. The first-order valence-corrected chi connectivity index (χ1v) is 19.8. The molecule has 2 fully saturated rings. The summed E-state index contributed by atoms with van der Waals surface area (Å²) in [5.41, 5.74) is -3.25. The van der Waals surface area contributed by atoms with Gasteiger partial charge in [-0.3, -0.25) is 10.4 Å². The van der Waals surface area contributed by atoms with Gasteiger partial charge in [-0.25, -0.2) is 14.8 Å². The second-order valence-corrected chi connectivity index (χ2v) is 15.5. The molecule has 0 spiro atoms. The maximum Gasteiger partial charge on any atom is 0.336 e. The van der Waals surface area contributed by atoms with E-state index in [1.807, 2.05) is 0 Å². The number of aliphatic hydroxyl groups is 6. The van der Waals surface area contributed by atoms with Gasteiger partial charge in [0.2, 0.25) is 18.3 Å². The summed E-state index contributed by atoms with van der Waals surface area (Å²) in [5.74, 6) is -4.24. The number of phenols is 2. The minimum Gasteiger partial charge on any atom is -0.508 e. The Labute approximate surface area is 353 Å². The van der Waals surface area contributed by atoms with Crippen LogP contribution in [0.4, 0.5) is 0 Å². The van der Waals surface area contributed by atoms with Crippen LogP contribution in [-0.2, 0) is 9.53 Å². The molecule has 3 aromatic rings. The van der Waals surface area contributed by atoms with Crippen LogP contribution in [0.15, 0.2) is 87.8 Å². The summed E-state index contributed by atoms with van der Waals surface area (Å²) in [6, 6.07) is 12.9. The zero-order chi connectivity index (χ0) is 43.9. The van der Waals surface area contributed by atoms with Crippen molar-refractivity contribution in [2.45, 2.75) is 80.8 Å². The molecule has 4 aliphatic heterocycles. The van der Waals surface area contributed by atoms with Crippen molar-refractivity contribution in [3.05, 3.63) is 89.5 Å². The summed E-state index contributed by atoms with van der Waals surface area (Å²) in [6.45, 7) is -0.106. The summed E-state index contributed by atoms with van der Waals surface area (Å²) in [6.07, 6.45) is -4.73. The minimum absolute atomic E-state index is 0.0169. The summed E-state index contributed by atoms with van der Waals surface area (Å²) in [5, 5.41) is 109. The van der Waals surface area contributed by atoms with Gasteiger partial charge in [0, 0.05) is 23.1 Å². The maximum absolute atomic E-state index is 13.0. The monoisotopic (exact) mass is 856 g/mol. The van der Waals surface area contributed by atoms with Crippen LogP contribution in [0, 0.1) is 10.8 Å². The predicted molar refractivity (Wildman–Crippen MR) is 218 cm³/mol. The van der Waals surface area contributed by atoms with Gasteiger partial charge in [0.1, 0.15) is 77.4 Å². The van der Waals surface area contributed by atoms with Crippen molar-refractivity contribution >= 4 is 35.3 Å². The molecule has 1 saturated carbocycles. The molecular formula is C43H44N4O15. The van der Waals surface area contributed by atoms with Crippen molar-refractivity contribution < 1.29 is 74.4 Å². The number of hydrogen-bond donors (Lipinski definition) is 10. The highest BCUT2D eigenvalue weighted by Gasteiger charge is 2.69. The largest absolute Gasteiger partial charge is 0.508 e. The molecule has 0 bridgehead atoms. The molecule has 5 aliphatic rings. The first-order valence-electron chi connectivity index (χ1n) is 19.8. The van der Waals surface area contributed by atoms with Crippen LogP contribution >= 0.6 is 0 Å². The quantitative estimate of drug-likeness (QED) is 0.111. The van der Waals surface area contributed by atoms with Crippen LogP contribution < -0.4 is 18.9 Å². The molecule has 3 aromatic carbocycles. The lowest BCUT2D eigenvalue weighted by atomic mass is 9.55. The highest BCUT2D eigenvalue weighted by atomic mass is 16.7. The Balaban J connectivity index is 1.11. The fourth-order valence-corrected chi connectivity index (χ4v) is 8.66. The molecule has 62 heavy (non-hydrogen) atoms. The van der Waals surface area contributed by atoms with E-state index >= 15 is 0 Å². The van der Waals surface area contributed by atoms with Gasteiger partial charge in [-0.05, 0) is 54.8 Å². The Morgan fingerprint density at radius 1 is 1.00 bits per heavy atom. The number of carboxylic acids is 1. The Hall–Kier alpha value is -6.35. The summed E-state index contributed by atoms with van der Waals surface area (Å²) in [4.78, 5) is 25.4.